The van der Waals surface area contributed by atoms with Crippen LogP contribution in [0.3, 0.4) is 0 Å². The molecule has 1 aliphatic rings. The summed E-state index contributed by atoms with van der Waals surface area (Å²) in [6.45, 7) is 3.83. The van der Waals surface area contributed by atoms with Crippen LogP contribution in [0.5, 0.6) is 0 Å². The van der Waals surface area contributed by atoms with E-state index in [0.717, 1.165) is 18.0 Å². The summed E-state index contributed by atoms with van der Waals surface area (Å²) in [4.78, 5) is 4.24. The van der Waals surface area contributed by atoms with E-state index in [0.29, 0.717) is 17.8 Å². The van der Waals surface area contributed by atoms with Crippen LogP contribution in [0.2, 0.25) is 0 Å². The van der Waals surface area contributed by atoms with Gasteiger partial charge in [-0.1, -0.05) is 29.8 Å². The Labute approximate surface area is 115 Å². The summed E-state index contributed by atoms with van der Waals surface area (Å²) in [5.74, 6) is 1.27. The zero-order valence-electron chi connectivity index (χ0n) is 11.0. The van der Waals surface area contributed by atoms with Crippen LogP contribution in [0.1, 0.15) is 55.6 Å². The average Bonchev–Trinajstić information content (AvgIpc) is 3.07. The van der Waals surface area contributed by atoms with Gasteiger partial charge in [0.05, 0.1) is 11.3 Å². The molecule has 1 atom stereocenters. The minimum Gasteiger partial charge on any atom is -0.338 e. The summed E-state index contributed by atoms with van der Waals surface area (Å²) in [5.41, 5.74) is 0. The third kappa shape index (κ3) is 2.63. The van der Waals surface area contributed by atoms with Crippen molar-refractivity contribution in [2.75, 3.05) is 0 Å². The van der Waals surface area contributed by atoms with Gasteiger partial charge >= 0.3 is 0 Å². The first-order chi connectivity index (χ1) is 9.24. The van der Waals surface area contributed by atoms with Crippen molar-refractivity contribution in [3.05, 3.63) is 11.7 Å². The molecule has 1 saturated carbocycles. The Balaban J connectivity index is 1.74. The number of tetrazole rings is 1. The molecular formula is C11H16N6OS. The molecule has 102 valence electrons. The molecule has 0 aliphatic heterocycles. The highest BCUT2D eigenvalue weighted by Crippen LogP contribution is 2.36. The topological polar surface area (TPSA) is 82.5 Å². The third-order valence-electron chi connectivity index (χ3n) is 3.31. The highest BCUT2D eigenvalue weighted by Gasteiger charge is 2.24. The van der Waals surface area contributed by atoms with E-state index in [4.69, 9.17) is 4.52 Å². The quantitative estimate of drug-likeness (QED) is 0.795. The monoisotopic (exact) mass is 280 g/mol. The molecule has 0 bridgehead atoms. The van der Waals surface area contributed by atoms with Gasteiger partial charge in [0.2, 0.25) is 11.0 Å². The van der Waals surface area contributed by atoms with Gasteiger partial charge in [-0.05, 0) is 37.1 Å². The first-order valence-corrected chi connectivity index (χ1v) is 7.36. The highest BCUT2D eigenvalue weighted by atomic mass is 32.2. The van der Waals surface area contributed by atoms with Crippen molar-refractivity contribution in [3.63, 3.8) is 0 Å². The number of aromatic nitrogens is 6. The fourth-order valence-electron chi connectivity index (χ4n) is 2.33. The molecule has 19 heavy (non-hydrogen) atoms. The Morgan fingerprint density at radius 3 is 2.84 bits per heavy atom. The lowest BCUT2D eigenvalue weighted by atomic mass is 10.3. The molecule has 0 radical (unpaired) electrons. The van der Waals surface area contributed by atoms with Crippen molar-refractivity contribution in [2.45, 2.75) is 56.0 Å². The summed E-state index contributed by atoms with van der Waals surface area (Å²) in [6, 6.07) is 0.439. The SMILES string of the molecule is Cc1noc(C(C)Sc2nnnn2C2CCCC2)n1. The molecule has 0 aromatic carbocycles. The van der Waals surface area contributed by atoms with E-state index in [1.165, 1.54) is 12.8 Å². The van der Waals surface area contributed by atoms with Gasteiger partial charge in [-0.15, -0.1) is 5.10 Å². The van der Waals surface area contributed by atoms with Crippen molar-refractivity contribution in [1.29, 1.82) is 0 Å². The molecular weight excluding hydrogens is 264 g/mol. The fourth-order valence-corrected chi connectivity index (χ4v) is 3.22. The van der Waals surface area contributed by atoms with E-state index in [2.05, 4.69) is 25.7 Å². The van der Waals surface area contributed by atoms with Crippen LogP contribution in [-0.2, 0) is 0 Å². The van der Waals surface area contributed by atoms with Crippen molar-refractivity contribution in [1.82, 2.24) is 30.3 Å². The molecule has 1 unspecified atom stereocenters. The third-order valence-corrected chi connectivity index (χ3v) is 4.34. The van der Waals surface area contributed by atoms with Crippen LogP contribution < -0.4 is 0 Å². The molecule has 0 saturated heterocycles. The lowest BCUT2D eigenvalue weighted by molar-refractivity contribution is 0.375. The van der Waals surface area contributed by atoms with Gasteiger partial charge in [0, 0.05) is 0 Å². The van der Waals surface area contributed by atoms with Gasteiger partial charge in [-0.25, -0.2) is 4.68 Å². The lowest BCUT2D eigenvalue weighted by Crippen LogP contribution is -2.08. The molecule has 0 N–H and O–H groups in total. The predicted molar refractivity (Wildman–Crippen MR) is 68.6 cm³/mol. The molecule has 7 nitrogen and oxygen atoms in total. The van der Waals surface area contributed by atoms with Crippen molar-refractivity contribution in [3.8, 4) is 0 Å². The van der Waals surface area contributed by atoms with Gasteiger partial charge in [0.25, 0.3) is 0 Å². The van der Waals surface area contributed by atoms with Crippen LogP contribution in [0, 0.1) is 6.92 Å². The summed E-state index contributed by atoms with van der Waals surface area (Å²) in [5, 5.41) is 16.7. The second kappa shape index (κ2) is 5.28. The average molecular weight is 280 g/mol. The summed E-state index contributed by atoms with van der Waals surface area (Å²) in [6.07, 6.45) is 4.83. The van der Waals surface area contributed by atoms with Crippen LogP contribution in [0.15, 0.2) is 9.68 Å². The van der Waals surface area contributed by atoms with Crippen LogP contribution >= 0.6 is 11.8 Å². The Hall–Kier alpha value is -1.44. The molecule has 8 heteroatoms. The van der Waals surface area contributed by atoms with E-state index in [1.807, 2.05) is 18.5 Å². The Kier molecular flexibility index (Phi) is 3.50. The lowest BCUT2D eigenvalue weighted by Gasteiger charge is -2.12. The molecule has 2 aromatic heterocycles. The van der Waals surface area contributed by atoms with Crippen LogP contribution in [-0.4, -0.2) is 30.3 Å². The van der Waals surface area contributed by atoms with Crippen molar-refractivity contribution in [2.24, 2.45) is 0 Å². The van der Waals surface area contributed by atoms with Crippen molar-refractivity contribution >= 4 is 11.8 Å². The maximum absolute atomic E-state index is 5.18. The zero-order valence-corrected chi connectivity index (χ0v) is 11.8. The molecule has 2 heterocycles. The second-order valence-electron chi connectivity index (χ2n) is 4.78. The summed E-state index contributed by atoms with van der Waals surface area (Å²) < 4.78 is 7.12. The van der Waals surface area contributed by atoms with Gasteiger partial charge in [0.15, 0.2) is 5.82 Å². The number of hydrogen-bond acceptors (Lipinski definition) is 7. The van der Waals surface area contributed by atoms with Gasteiger partial charge in [0.1, 0.15) is 0 Å². The molecule has 2 aromatic rings. The largest absolute Gasteiger partial charge is 0.338 e. The second-order valence-corrected chi connectivity index (χ2v) is 6.09. The van der Waals surface area contributed by atoms with E-state index < -0.39 is 0 Å². The number of nitrogens with zero attached hydrogens (tertiary/aromatic N) is 6. The van der Waals surface area contributed by atoms with E-state index in [1.54, 1.807) is 11.8 Å². The first-order valence-electron chi connectivity index (χ1n) is 6.49. The summed E-state index contributed by atoms with van der Waals surface area (Å²) >= 11 is 1.56. The van der Waals surface area contributed by atoms with Crippen molar-refractivity contribution < 1.29 is 4.52 Å². The molecule has 1 fully saturated rings. The predicted octanol–water partition coefficient (Wildman–Crippen LogP) is 2.33. The van der Waals surface area contributed by atoms with Gasteiger partial charge in [-0.2, -0.15) is 4.98 Å². The molecule has 3 rings (SSSR count). The van der Waals surface area contributed by atoms with Crippen LogP contribution in [0.25, 0.3) is 0 Å². The highest BCUT2D eigenvalue weighted by molar-refractivity contribution is 7.99. The fraction of sp³-hybridized carbons (Fsp3) is 0.727. The Morgan fingerprint density at radius 1 is 1.37 bits per heavy atom. The summed E-state index contributed by atoms with van der Waals surface area (Å²) in [7, 11) is 0. The number of thioether (sulfide) groups is 1. The standard InChI is InChI=1S/C11H16N6OS/c1-7(10-12-8(2)14-18-10)19-11-13-15-16-17(11)9-5-3-4-6-9/h7,9H,3-6H2,1-2H3. The normalized spacial score (nSPS) is 18.0. The minimum absolute atomic E-state index is 0.0485. The van der Waals surface area contributed by atoms with Gasteiger partial charge < -0.3 is 4.52 Å². The number of aryl methyl sites for hydroxylation is 1. The molecule has 0 amide bonds. The van der Waals surface area contributed by atoms with Crippen LogP contribution in [0.4, 0.5) is 0 Å². The Bertz CT molecular complexity index is 547. The zero-order chi connectivity index (χ0) is 13.2. The molecule has 1 aliphatic carbocycles. The number of rotatable bonds is 4. The van der Waals surface area contributed by atoms with Gasteiger partial charge in [-0.3, -0.25) is 0 Å². The number of hydrogen-bond donors (Lipinski definition) is 0. The maximum Gasteiger partial charge on any atom is 0.239 e. The Morgan fingerprint density at radius 2 is 2.16 bits per heavy atom. The minimum atomic E-state index is 0.0485. The van der Waals surface area contributed by atoms with E-state index in [-0.39, 0.29) is 5.25 Å². The maximum atomic E-state index is 5.18. The first kappa shape index (κ1) is 12.6. The molecule has 0 spiro atoms. The smallest absolute Gasteiger partial charge is 0.239 e. The van der Waals surface area contributed by atoms with E-state index in [9.17, 15) is 0 Å². The van der Waals surface area contributed by atoms with E-state index >= 15 is 0 Å².